The Bertz CT molecular complexity index is 770. The van der Waals surface area contributed by atoms with Gasteiger partial charge in [0.1, 0.15) is 6.54 Å². The zero-order chi connectivity index (χ0) is 18.1. The molecule has 2 N–H and O–H groups in total. The third-order valence-electron chi connectivity index (χ3n) is 4.51. The highest BCUT2D eigenvalue weighted by atomic mass is 32.2. The molecular weight excluding hydrogens is 354 g/mol. The molecule has 1 aliphatic heterocycles. The summed E-state index contributed by atoms with van der Waals surface area (Å²) >= 11 is 1.01. The quantitative estimate of drug-likeness (QED) is 0.188. The summed E-state index contributed by atoms with van der Waals surface area (Å²) in [5.41, 5.74) is 3.44. The smallest absolute Gasteiger partial charge is 0.282 e. The first-order chi connectivity index (χ1) is 11.1. The SMILES string of the molecule is CC1=[N+](CCCSOOO)c2c(C)cc(S(=O)(=O)O)cc2C1(C)C. The molecule has 0 spiro atoms. The topological polar surface area (TPSA) is 96.1 Å². The first kappa shape index (κ1) is 19.4. The van der Waals surface area contributed by atoms with E-state index in [1.54, 1.807) is 6.07 Å². The van der Waals surface area contributed by atoms with Gasteiger partial charge >= 0.3 is 0 Å². The van der Waals surface area contributed by atoms with Crippen LogP contribution < -0.4 is 0 Å². The van der Waals surface area contributed by atoms with E-state index in [4.69, 9.17) is 5.26 Å². The third-order valence-corrected chi connectivity index (χ3v) is 5.96. The second kappa shape index (κ2) is 7.11. The summed E-state index contributed by atoms with van der Waals surface area (Å²) in [6.45, 7) is 8.65. The molecule has 0 bridgehead atoms. The van der Waals surface area contributed by atoms with E-state index in [0.717, 1.165) is 47.5 Å². The minimum absolute atomic E-state index is 0.0782. The molecule has 0 atom stereocenters. The number of benzene rings is 1. The summed E-state index contributed by atoms with van der Waals surface area (Å²) in [4.78, 5) is -0.0782. The van der Waals surface area contributed by atoms with Crippen LogP contribution in [-0.4, -0.2) is 40.8 Å². The van der Waals surface area contributed by atoms with Crippen LogP contribution in [0.3, 0.4) is 0 Å². The van der Waals surface area contributed by atoms with Crippen molar-refractivity contribution < 1.29 is 32.2 Å². The van der Waals surface area contributed by atoms with Crippen LogP contribution in [0.25, 0.3) is 0 Å². The lowest BCUT2D eigenvalue weighted by molar-refractivity contribution is -0.440. The van der Waals surface area contributed by atoms with Gasteiger partial charge in [0.25, 0.3) is 10.1 Å². The molecule has 0 unspecified atom stereocenters. The average Bonchev–Trinajstić information content (AvgIpc) is 2.67. The van der Waals surface area contributed by atoms with Crippen molar-refractivity contribution in [3.63, 3.8) is 0 Å². The number of aryl methyl sites for hydroxylation is 1. The lowest BCUT2D eigenvalue weighted by Crippen LogP contribution is -2.27. The van der Waals surface area contributed by atoms with Crippen LogP contribution in [0.1, 0.15) is 38.3 Å². The lowest BCUT2D eigenvalue weighted by atomic mass is 9.82. The molecule has 0 fully saturated rings. The molecule has 2 rings (SSSR count). The highest BCUT2D eigenvalue weighted by Gasteiger charge is 2.44. The van der Waals surface area contributed by atoms with Gasteiger partial charge in [-0.3, -0.25) is 4.55 Å². The van der Waals surface area contributed by atoms with Gasteiger partial charge in [-0.15, -0.1) is 4.33 Å². The van der Waals surface area contributed by atoms with Gasteiger partial charge in [-0.05, 0) is 32.9 Å². The second-order valence-corrected chi connectivity index (χ2v) is 8.49. The summed E-state index contributed by atoms with van der Waals surface area (Å²) in [6.07, 6.45) is 0.778. The van der Waals surface area contributed by atoms with Crippen molar-refractivity contribution in [2.75, 3.05) is 12.3 Å². The molecule has 7 nitrogen and oxygen atoms in total. The van der Waals surface area contributed by atoms with Crippen molar-refractivity contribution in [3.8, 4) is 0 Å². The molecule has 0 radical (unpaired) electrons. The van der Waals surface area contributed by atoms with E-state index < -0.39 is 10.1 Å². The van der Waals surface area contributed by atoms with Crippen LogP contribution in [0, 0.1) is 6.92 Å². The molecule has 1 aromatic carbocycles. The van der Waals surface area contributed by atoms with Crippen LogP contribution in [-0.2, 0) is 24.9 Å². The third kappa shape index (κ3) is 3.66. The predicted molar refractivity (Wildman–Crippen MR) is 91.4 cm³/mol. The van der Waals surface area contributed by atoms with Gasteiger partial charge in [-0.25, -0.2) is 5.26 Å². The summed E-state index contributed by atoms with van der Waals surface area (Å²) < 4.78 is 38.9. The first-order valence-electron chi connectivity index (χ1n) is 7.44. The van der Waals surface area contributed by atoms with Gasteiger partial charge in [0.15, 0.2) is 5.71 Å². The monoisotopic (exact) mass is 376 g/mol. The van der Waals surface area contributed by atoms with Crippen LogP contribution in [0.4, 0.5) is 5.69 Å². The van der Waals surface area contributed by atoms with Gasteiger partial charge in [0.05, 0.1) is 10.3 Å². The summed E-state index contributed by atoms with van der Waals surface area (Å²) in [5.74, 6) is 0.627. The molecule has 0 saturated carbocycles. The number of hydrogen-bond acceptors (Lipinski definition) is 6. The summed E-state index contributed by atoms with van der Waals surface area (Å²) in [7, 11) is -4.24. The molecular formula is C15H22NO6S2+. The molecule has 1 heterocycles. The van der Waals surface area contributed by atoms with E-state index in [1.807, 2.05) is 27.7 Å². The van der Waals surface area contributed by atoms with Crippen molar-refractivity contribution in [3.05, 3.63) is 23.3 Å². The lowest BCUT2D eigenvalue weighted by Gasteiger charge is -2.15. The minimum atomic E-state index is -4.24. The fraction of sp³-hybridized carbons (Fsp3) is 0.533. The number of nitrogens with zero attached hydrogens (tertiary/aromatic N) is 1. The van der Waals surface area contributed by atoms with Crippen LogP contribution in [0.5, 0.6) is 0 Å². The normalized spacial score (nSPS) is 16.6. The first-order valence-corrected chi connectivity index (χ1v) is 9.79. The molecule has 0 aliphatic carbocycles. The standard InChI is InChI=1S/C15H21NO6S2/c1-10-8-12(24(18,19)20)9-13-14(10)16(11(2)15(13,3)4)6-5-7-23-22-21-17/h8-9H,5-7H2,1-4H3,(H-,17,18,19,20)/p+1. The fourth-order valence-corrected chi connectivity index (χ4v) is 4.00. The zero-order valence-corrected chi connectivity index (χ0v) is 15.7. The van der Waals surface area contributed by atoms with E-state index in [9.17, 15) is 13.0 Å². The average molecular weight is 376 g/mol. The maximum atomic E-state index is 11.5. The van der Waals surface area contributed by atoms with Gasteiger partial charge in [0.2, 0.25) is 5.69 Å². The number of hydrogen-bond donors (Lipinski definition) is 2. The van der Waals surface area contributed by atoms with Gasteiger partial charge in [0, 0.05) is 42.3 Å². The highest BCUT2D eigenvalue weighted by molar-refractivity contribution is 7.94. The summed E-state index contributed by atoms with van der Waals surface area (Å²) in [5, 5.41) is 11.7. The van der Waals surface area contributed by atoms with Crippen LogP contribution in [0.15, 0.2) is 17.0 Å². The van der Waals surface area contributed by atoms with E-state index in [0.29, 0.717) is 5.75 Å². The van der Waals surface area contributed by atoms with E-state index in [2.05, 4.69) is 13.9 Å². The molecule has 0 amide bonds. The van der Waals surface area contributed by atoms with Crippen molar-refractivity contribution >= 4 is 33.6 Å². The minimum Gasteiger partial charge on any atom is -0.282 e. The maximum absolute atomic E-state index is 11.5. The Balaban J connectivity index is 2.38. The number of rotatable bonds is 7. The van der Waals surface area contributed by atoms with Crippen molar-refractivity contribution in [1.29, 1.82) is 0 Å². The Kier molecular flexibility index (Phi) is 5.73. The van der Waals surface area contributed by atoms with Crippen molar-refractivity contribution in [2.45, 2.75) is 44.4 Å². The van der Waals surface area contributed by atoms with Crippen LogP contribution >= 0.6 is 12.0 Å². The fourth-order valence-electron chi connectivity index (χ4n) is 3.05. The molecule has 0 saturated heterocycles. The van der Waals surface area contributed by atoms with E-state index >= 15 is 0 Å². The second-order valence-electron chi connectivity index (χ2n) is 6.29. The Morgan fingerprint density at radius 1 is 1.29 bits per heavy atom. The molecule has 24 heavy (non-hydrogen) atoms. The van der Waals surface area contributed by atoms with Gasteiger partial charge < -0.3 is 0 Å². The predicted octanol–water partition coefficient (Wildman–Crippen LogP) is 3.10. The molecule has 0 aromatic heterocycles. The Hall–Kier alpha value is -0.970. The van der Waals surface area contributed by atoms with Crippen molar-refractivity contribution in [1.82, 2.24) is 0 Å². The molecule has 1 aromatic rings. The Morgan fingerprint density at radius 3 is 2.54 bits per heavy atom. The highest BCUT2D eigenvalue weighted by Crippen LogP contribution is 2.42. The number of fused-ring (bicyclic) bond motifs is 1. The van der Waals surface area contributed by atoms with E-state index in [1.165, 1.54) is 6.07 Å². The maximum Gasteiger partial charge on any atom is 0.294 e. The largest absolute Gasteiger partial charge is 0.294 e. The Labute approximate surface area is 146 Å². The van der Waals surface area contributed by atoms with Gasteiger partial charge in [-0.1, -0.05) is 5.04 Å². The molecule has 1 aliphatic rings. The molecule has 9 heteroatoms. The van der Waals surface area contributed by atoms with Crippen molar-refractivity contribution in [2.24, 2.45) is 0 Å². The van der Waals surface area contributed by atoms with Gasteiger partial charge in [-0.2, -0.15) is 13.0 Å². The Morgan fingerprint density at radius 2 is 1.96 bits per heavy atom. The van der Waals surface area contributed by atoms with E-state index in [-0.39, 0.29) is 10.3 Å². The summed E-state index contributed by atoms with van der Waals surface area (Å²) in [6, 6.07) is 3.05. The van der Waals surface area contributed by atoms with Crippen LogP contribution in [0.2, 0.25) is 0 Å². The molecule has 134 valence electrons. The zero-order valence-electron chi connectivity index (χ0n) is 14.1.